The Kier molecular flexibility index (Phi) is 4.24. The molecule has 7 heteroatoms. The molecule has 0 aliphatic rings. The van der Waals surface area contributed by atoms with Crippen LogP contribution in [0.1, 0.15) is 16.1 Å². The van der Waals surface area contributed by atoms with Crippen molar-refractivity contribution in [2.75, 3.05) is 11.9 Å². The molecule has 3 aromatic rings. The molecule has 0 atom stereocenters. The molecule has 0 aliphatic carbocycles. The number of para-hydroxylation sites is 1. The predicted octanol–water partition coefficient (Wildman–Crippen LogP) is 2.81. The predicted molar refractivity (Wildman–Crippen MR) is 86.1 cm³/mol. The molecule has 0 radical (unpaired) electrons. The summed E-state index contributed by atoms with van der Waals surface area (Å²) in [5, 5.41) is 9.56. The Morgan fingerprint density at radius 1 is 1.25 bits per heavy atom. The number of halogens is 1. The maximum atomic E-state index is 13.7. The lowest BCUT2D eigenvalue weighted by molar-refractivity contribution is -0.119. The number of esters is 1. The van der Waals surface area contributed by atoms with Crippen molar-refractivity contribution in [1.29, 1.82) is 0 Å². The summed E-state index contributed by atoms with van der Waals surface area (Å²) in [5.74, 6) is -1.91. The number of ether oxygens (including phenoxy) is 1. The quantitative estimate of drug-likeness (QED) is 0.722. The highest BCUT2D eigenvalue weighted by Crippen LogP contribution is 2.17. The van der Waals surface area contributed by atoms with Gasteiger partial charge in [-0.25, -0.2) is 9.18 Å². The van der Waals surface area contributed by atoms with Crippen molar-refractivity contribution in [3.8, 4) is 0 Å². The highest BCUT2D eigenvalue weighted by Gasteiger charge is 2.17. The van der Waals surface area contributed by atoms with Gasteiger partial charge in [-0.05, 0) is 30.7 Å². The van der Waals surface area contributed by atoms with E-state index in [0.717, 1.165) is 5.56 Å². The number of carbonyl (C=O) groups is 2. The first-order valence-electron chi connectivity index (χ1n) is 7.21. The third-order valence-electron chi connectivity index (χ3n) is 3.40. The largest absolute Gasteiger partial charge is 0.451 e. The van der Waals surface area contributed by atoms with Crippen molar-refractivity contribution < 1.29 is 18.7 Å². The van der Waals surface area contributed by atoms with Gasteiger partial charge in [-0.15, -0.1) is 0 Å². The molecular formula is C17H14FN3O3. The molecular weight excluding hydrogens is 313 g/mol. The molecule has 3 rings (SSSR count). The standard InChI is InChI=1S/C17H14FN3O3/c1-10-6-7-14(12(18)8-10)19-15(22)9-24-17(23)16-11-4-2-3-5-13(11)20-21-16/h2-8H,9H2,1H3,(H,19,22)(H,20,21). The number of carbonyl (C=O) groups excluding carboxylic acids is 2. The number of aryl methyl sites for hydroxylation is 1. The van der Waals surface area contributed by atoms with E-state index in [1.807, 2.05) is 0 Å². The van der Waals surface area contributed by atoms with Crippen LogP contribution in [-0.4, -0.2) is 28.7 Å². The summed E-state index contributed by atoms with van der Waals surface area (Å²) >= 11 is 0. The highest BCUT2D eigenvalue weighted by atomic mass is 19.1. The molecule has 0 saturated heterocycles. The molecule has 2 N–H and O–H groups in total. The van der Waals surface area contributed by atoms with Gasteiger partial charge in [-0.2, -0.15) is 5.10 Å². The summed E-state index contributed by atoms with van der Waals surface area (Å²) in [5.41, 5.74) is 1.56. The van der Waals surface area contributed by atoms with Crippen LogP contribution in [0.25, 0.3) is 10.9 Å². The van der Waals surface area contributed by atoms with Gasteiger partial charge in [0.05, 0.1) is 11.2 Å². The number of nitrogens with zero attached hydrogens (tertiary/aromatic N) is 1. The number of rotatable bonds is 4. The molecule has 1 aromatic heterocycles. The van der Waals surface area contributed by atoms with E-state index < -0.39 is 24.3 Å². The van der Waals surface area contributed by atoms with Crippen LogP contribution in [-0.2, 0) is 9.53 Å². The summed E-state index contributed by atoms with van der Waals surface area (Å²) < 4.78 is 18.6. The fourth-order valence-corrected chi connectivity index (χ4v) is 2.23. The number of H-pyrrole nitrogens is 1. The van der Waals surface area contributed by atoms with Crippen LogP contribution in [0.5, 0.6) is 0 Å². The first kappa shape index (κ1) is 15.7. The van der Waals surface area contributed by atoms with E-state index >= 15 is 0 Å². The number of fused-ring (bicyclic) bond motifs is 1. The van der Waals surface area contributed by atoms with Gasteiger partial charge in [0.25, 0.3) is 5.91 Å². The number of amides is 1. The van der Waals surface area contributed by atoms with E-state index in [2.05, 4.69) is 15.5 Å². The smallest absolute Gasteiger partial charge is 0.359 e. The van der Waals surface area contributed by atoms with Gasteiger partial charge in [0.2, 0.25) is 0 Å². The maximum absolute atomic E-state index is 13.7. The topological polar surface area (TPSA) is 84.1 Å². The Balaban J connectivity index is 1.62. The summed E-state index contributed by atoms with van der Waals surface area (Å²) in [4.78, 5) is 23.8. The summed E-state index contributed by atoms with van der Waals surface area (Å²) in [6.45, 7) is 1.21. The Bertz CT molecular complexity index is 920. The number of benzene rings is 2. The monoisotopic (exact) mass is 327 g/mol. The normalized spacial score (nSPS) is 10.6. The summed E-state index contributed by atoms with van der Waals surface area (Å²) in [6, 6.07) is 11.5. The zero-order valence-corrected chi connectivity index (χ0v) is 12.8. The SMILES string of the molecule is Cc1ccc(NC(=O)COC(=O)c2n[nH]c3ccccc23)c(F)c1. The third kappa shape index (κ3) is 3.24. The second-order valence-corrected chi connectivity index (χ2v) is 5.23. The molecule has 0 spiro atoms. The van der Waals surface area contributed by atoms with E-state index in [4.69, 9.17) is 4.74 Å². The van der Waals surface area contributed by atoms with E-state index in [1.165, 1.54) is 12.1 Å². The minimum Gasteiger partial charge on any atom is -0.451 e. The Hall–Kier alpha value is -3.22. The van der Waals surface area contributed by atoms with Crippen molar-refractivity contribution in [3.63, 3.8) is 0 Å². The van der Waals surface area contributed by atoms with Gasteiger partial charge >= 0.3 is 5.97 Å². The number of hydrogen-bond acceptors (Lipinski definition) is 4. The molecule has 0 saturated carbocycles. The van der Waals surface area contributed by atoms with Crippen molar-refractivity contribution in [3.05, 3.63) is 59.5 Å². The van der Waals surface area contributed by atoms with Crippen molar-refractivity contribution in [1.82, 2.24) is 10.2 Å². The van der Waals surface area contributed by atoms with Crippen LogP contribution in [0.4, 0.5) is 10.1 Å². The molecule has 1 heterocycles. The van der Waals surface area contributed by atoms with Crippen LogP contribution in [0, 0.1) is 12.7 Å². The third-order valence-corrected chi connectivity index (χ3v) is 3.40. The average Bonchev–Trinajstić information content (AvgIpc) is 2.99. The van der Waals surface area contributed by atoms with Crippen LogP contribution in [0.3, 0.4) is 0 Å². The second kappa shape index (κ2) is 6.49. The highest BCUT2D eigenvalue weighted by molar-refractivity contribution is 6.03. The van der Waals surface area contributed by atoms with Crippen LogP contribution < -0.4 is 5.32 Å². The van der Waals surface area contributed by atoms with Crippen molar-refractivity contribution >= 4 is 28.5 Å². The first-order valence-corrected chi connectivity index (χ1v) is 7.21. The molecule has 1 amide bonds. The zero-order valence-electron chi connectivity index (χ0n) is 12.8. The number of nitrogens with one attached hydrogen (secondary N) is 2. The maximum Gasteiger partial charge on any atom is 0.359 e. The van der Waals surface area contributed by atoms with Crippen molar-refractivity contribution in [2.45, 2.75) is 6.92 Å². The van der Waals surface area contributed by atoms with Gasteiger partial charge in [0.1, 0.15) is 5.82 Å². The van der Waals surface area contributed by atoms with E-state index in [9.17, 15) is 14.0 Å². The lowest BCUT2D eigenvalue weighted by Crippen LogP contribution is -2.21. The molecule has 2 aromatic carbocycles. The number of hydrogen-bond donors (Lipinski definition) is 2. The molecule has 0 fully saturated rings. The summed E-state index contributed by atoms with van der Waals surface area (Å²) in [7, 11) is 0. The van der Waals surface area contributed by atoms with E-state index in [1.54, 1.807) is 37.3 Å². The Labute approximate surface area is 136 Å². The van der Waals surface area contributed by atoms with Gasteiger partial charge < -0.3 is 10.1 Å². The lowest BCUT2D eigenvalue weighted by Gasteiger charge is -2.07. The second-order valence-electron chi connectivity index (χ2n) is 5.23. The fraction of sp³-hybridized carbons (Fsp3) is 0.118. The van der Waals surface area contributed by atoms with E-state index in [-0.39, 0.29) is 11.4 Å². The molecule has 0 aliphatic heterocycles. The first-order chi connectivity index (χ1) is 11.5. The number of anilines is 1. The molecule has 0 unspecified atom stereocenters. The average molecular weight is 327 g/mol. The Morgan fingerprint density at radius 3 is 2.83 bits per heavy atom. The van der Waals surface area contributed by atoms with Crippen LogP contribution >= 0.6 is 0 Å². The van der Waals surface area contributed by atoms with Crippen LogP contribution in [0.15, 0.2) is 42.5 Å². The van der Waals surface area contributed by atoms with E-state index in [0.29, 0.717) is 10.9 Å². The summed E-state index contributed by atoms with van der Waals surface area (Å²) in [6.07, 6.45) is 0. The number of aromatic amines is 1. The molecule has 6 nitrogen and oxygen atoms in total. The lowest BCUT2D eigenvalue weighted by atomic mass is 10.2. The molecule has 0 bridgehead atoms. The Morgan fingerprint density at radius 2 is 2.04 bits per heavy atom. The zero-order chi connectivity index (χ0) is 17.1. The van der Waals surface area contributed by atoms with Gasteiger partial charge in [-0.3, -0.25) is 9.89 Å². The minimum absolute atomic E-state index is 0.0341. The van der Waals surface area contributed by atoms with Gasteiger partial charge in [0.15, 0.2) is 12.3 Å². The fourth-order valence-electron chi connectivity index (χ4n) is 2.23. The number of aromatic nitrogens is 2. The van der Waals surface area contributed by atoms with Gasteiger partial charge in [0, 0.05) is 5.39 Å². The van der Waals surface area contributed by atoms with Crippen LogP contribution in [0.2, 0.25) is 0 Å². The molecule has 24 heavy (non-hydrogen) atoms. The van der Waals surface area contributed by atoms with Crippen molar-refractivity contribution in [2.24, 2.45) is 0 Å². The van der Waals surface area contributed by atoms with Gasteiger partial charge in [-0.1, -0.05) is 24.3 Å². The minimum atomic E-state index is -0.730. The molecule has 122 valence electrons.